The summed E-state index contributed by atoms with van der Waals surface area (Å²) in [6.45, 7) is 1.87. The summed E-state index contributed by atoms with van der Waals surface area (Å²) in [6.07, 6.45) is -0.376. The number of aliphatic carboxylic acids is 1. The van der Waals surface area contributed by atoms with Crippen molar-refractivity contribution in [3.8, 4) is 11.1 Å². The Bertz CT molecular complexity index is 1050. The number of ether oxygens (including phenoxy) is 2. The minimum atomic E-state index is -0.848. The molecule has 8 heteroatoms. The molecule has 0 spiro atoms. The van der Waals surface area contributed by atoms with Crippen LogP contribution in [0.4, 0.5) is 4.79 Å². The molecule has 1 aliphatic carbocycles. The summed E-state index contributed by atoms with van der Waals surface area (Å²) in [5.74, 6) is -1.11. The van der Waals surface area contributed by atoms with Gasteiger partial charge in [0.25, 0.3) is 5.91 Å². The molecule has 2 fully saturated rings. The molecule has 2 aliphatic heterocycles. The van der Waals surface area contributed by atoms with Gasteiger partial charge in [0.15, 0.2) is 0 Å². The van der Waals surface area contributed by atoms with Gasteiger partial charge in [0.1, 0.15) is 12.7 Å². The monoisotopic (exact) mass is 464 g/mol. The maximum absolute atomic E-state index is 12.8. The molecule has 2 saturated heterocycles. The van der Waals surface area contributed by atoms with Crippen molar-refractivity contribution >= 4 is 18.0 Å². The number of carboxylic acid groups (broad SMARTS) is 1. The second kappa shape index (κ2) is 9.46. The smallest absolute Gasteiger partial charge is 0.407 e. The summed E-state index contributed by atoms with van der Waals surface area (Å²) in [5.41, 5.74) is 4.66. The van der Waals surface area contributed by atoms with E-state index in [-0.39, 0.29) is 36.7 Å². The average Bonchev–Trinajstić information content (AvgIpc) is 3.40. The van der Waals surface area contributed by atoms with Gasteiger partial charge in [0.2, 0.25) is 0 Å². The Hall–Kier alpha value is -3.39. The minimum Gasteiger partial charge on any atom is -0.481 e. The Kier molecular flexibility index (Phi) is 6.24. The number of nitrogens with zero attached hydrogens (tertiary/aromatic N) is 1. The average molecular weight is 465 g/mol. The second-order valence-electron chi connectivity index (χ2n) is 9.25. The number of nitrogens with one attached hydrogen (secondary N) is 1. The van der Waals surface area contributed by atoms with Crippen LogP contribution in [-0.2, 0) is 19.1 Å². The van der Waals surface area contributed by atoms with Crippen molar-refractivity contribution < 1.29 is 29.0 Å². The first-order valence-corrected chi connectivity index (χ1v) is 11.7. The maximum Gasteiger partial charge on any atom is 0.407 e. The molecule has 2 aromatic carbocycles. The lowest BCUT2D eigenvalue weighted by Gasteiger charge is -2.40. The van der Waals surface area contributed by atoms with Crippen molar-refractivity contribution in [2.75, 3.05) is 32.8 Å². The number of hydrogen-bond donors (Lipinski definition) is 2. The van der Waals surface area contributed by atoms with Crippen LogP contribution in [0.1, 0.15) is 29.9 Å². The number of carbonyl (C=O) groups excluding carboxylic acids is 2. The number of rotatable bonds is 7. The van der Waals surface area contributed by atoms with Crippen LogP contribution in [0.25, 0.3) is 11.1 Å². The van der Waals surface area contributed by atoms with Crippen LogP contribution < -0.4 is 5.32 Å². The molecule has 2 atom stereocenters. The lowest BCUT2D eigenvalue weighted by Crippen LogP contribution is -2.55. The van der Waals surface area contributed by atoms with E-state index in [4.69, 9.17) is 14.6 Å². The number of benzene rings is 2. The van der Waals surface area contributed by atoms with Crippen LogP contribution in [0, 0.1) is 11.8 Å². The van der Waals surface area contributed by atoms with Gasteiger partial charge in [-0.2, -0.15) is 0 Å². The molecule has 178 valence electrons. The molecule has 0 bridgehead atoms. The van der Waals surface area contributed by atoms with Crippen LogP contribution in [0.3, 0.4) is 0 Å². The Morgan fingerprint density at radius 3 is 2.32 bits per heavy atom. The van der Waals surface area contributed by atoms with Crippen molar-refractivity contribution in [1.82, 2.24) is 10.2 Å². The standard InChI is InChI=1S/C26H28N2O6/c29-23(30)11-16-13-28(14-16)25(31)24-17(9-10-33-24)12-27-26(32)34-15-22-20-7-3-1-5-18(20)19-6-2-4-8-21(19)22/h1-8,16-17,22,24H,9-15H2,(H,27,32)(H,29,30). The summed E-state index contributed by atoms with van der Waals surface area (Å²) < 4.78 is 11.2. The SMILES string of the molecule is O=C(O)CC1CN(C(=O)C2OCCC2CNC(=O)OCC2c3ccccc3-c3ccccc32)C1. The topological polar surface area (TPSA) is 105 Å². The number of hydrogen-bond acceptors (Lipinski definition) is 5. The number of fused-ring (bicyclic) bond motifs is 3. The van der Waals surface area contributed by atoms with Crippen LogP contribution in [-0.4, -0.2) is 66.9 Å². The molecule has 5 rings (SSSR count). The molecule has 3 aliphatic rings. The number of likely N-dealkylation sites (tertiary alicyclic amines) is 1. The van der Waals surface area contributed by atoms with Gasteiger partial charge in [-0.25, -0.2) is 4.79 Å². The zero-order chi connectivity index (χ0) is 23.7. The lowest BCUT2D eigenvalue weighted by atomic mass is 9.93. The predicted molar refractivity (Wildman–Crippen MR) is 123 cm³/mol. The fourth-order valence-corrected chi connectivity index (χ4v) is 5.29. The normalized spacial score (nSPS) is 21.5. The van der Waals surface area contributed by atoms with E-state index in [0.717, 1.165) is 11.1 Å². The van der Waals surface area contributed by atoms with Crippen LogP contribution >= 0.6 is 0 Å². The predicted octanol–water partition coefficient (Wildman–Crippen LogP) is 2.86. The van der Waals surface area contributed by atoms with Gasteiger partial charge in [-0.15, -0.1) is 0 Å². The van der Waals surface area contributed by atoms with E-state index in [2.05, 4.69) is 29.6 Å². The van der Waals surface area contributed by atoms with Gasteiger partial charge in [-0.1, -0.05) is 48.5 Å². The van der Waals surface area contributed by atoms with E-state index in [1.165, 1.54) is 11.1 Å². The number of carbonyl (C=O) groups is 3. The Balaban J connectivity index is 1.12. The highest BCUT2D eigenvalue weighted by atomic mass is 16.5. The summed E-state index contributed by atoms with van der Waals surface area (Å²) in [5, 5.41) is 11.7. The fraction of sp³-hybridized carbons (Fsp3) is 0.423. The summed E-state index contributed by atoms with van der Waals surface area (Å²) >= 11 is 0. The van der Waals surface area contributed by atoms with E-state index in [0.29, 0.717) is 32.7 Å². The zero-order valence-corrected chi connectivity index (χ0v) is 18.8. The van der Waals surface area contributed by atoms with E-state index in [1.807, 2.05) is 24.3 Å². The highest BCUT2D eigenvalue weighted by molar-refractivity contribution is 5.83. The van der Waals surface area contributed by atoms with E-state index in [1.54, 1.807) is 4.90 Å². The van der Waals surface area contributed by atoms with Gasteiger partial charge in [0, 0.05) is 44.0 Å². The van der Waals surface area contributed by atoms with E-state index >= 15 is 0 Å². The van der Waals surface area contributed by atoms with Crippen molar-refractivity contribution in [1.29, 1.82) is 0 Å². The first-order valence-electron chi connectivity index (χ1n) is 11.7. The first-order chi connectivity index (χ1) is 16.5. The molecule has 2 aromatic rings. The quantitative estimate of drug-likeness (QED) is 0.653. The molecular weight excluding hydrogens is 436 g/mol. The van der Waals surface area contributed by atoms with Gasteiger partial charge in [-0.3, -0.25) is 9.59 Å². The second-order valence-corrected chi connectivity index (χ2v) is 9.25. The highest BCUT2D eigenvalue weighted by Crippen LogP contribution is 2.44. The summed E-state index contributed by atoms with van der Waals surface area (Å²) in [7, 11) is 0. The van der Waals surface area contributed by atoms with Crippen molar-refractivity contribution in [3.63, 3.8) is 0 Å². The number of amides is 2. The fourth-order valence-electron chi connectivity index (χ4n) is 5.29. The number of carboxylic acids is 1. The molecule has 0 saturated carbocycles. The van der Waals surface area contributed by atoms with Gasteiger partial charge in [-0.05, 0) is 28.7 Å². The Morgan fingerprint density at radius 2 is 1.68 bits per heavy atom. The Morgan fingerprint density at radius 1 is 1.03 bits per heavy atom. The molecule has 34 heavy (non-hydrogen) atoms. The molecule has 0 aromatic heterocycles. The van der Waals surface area contributed by atoms with Crippen LogP contribution in [0.15, 0.2) is 48.5 Å². The lowest BCUT2D eigenvalue weighted by molar-refractivity contribution is -0.152. The molecule has 8 nitrogen and oxygen atoms in total. The highest BCUT2D eigenvalue weighted by Gasteiger charge is 2.41. The molecule has 2 unspecified atom stereocenters. The summed E-state index contributed by atoms with van der Waals surface area (Å²) in [6, 6.07) is 16.3. The Labute approximate surface area is 197 Å². The van der Waals surface area contributed by atoms with Crippen LogP contribution in [0.2, 0.25) is 0 Å². The van der Waals surface area contributed by atoms with E-state index in [9.17, 15) is 14.4 Å². The zero-order valence-electron chi connectivity index (χ0n) is 18.8. The molecule has 2 N–H and O–H groups in total. The molecule has 0 radical (unpaired) electrons. The van der Waals surface area contributed by atoms with Gasteiger partial charge < -0.3 is 24.8 Å². The van der Waals surface area contributed by atoms with Gasteiger partial charge in [0.05, 0.1) is 6.42 Å². The van der Waals surface area contributed by atoms with E-state index < -0.39 is 18.2 Å². The number of alkyl carbamates (subject to hydrolysis) is 1. The summed E-state index contributed by atoms with van der Waals surface area (Å²) in [4.78, 5) is 37.7. The largest absolute Gasteiger partial charge is 0.481 e. The minimum absolute atomic E-state index is 0.000235. The van der Waals surface area contributed by atoms with Gasteiger partial charge >= 0.3 is 12.1 Å². The van der Waals surface area contributed by atoms with Crippen molar-refractivity contribution in [3.05, 3.63) is 59.7 Å². The first kappa shape index (κ1) is 22.4. The maximum atomic E-state index is 12.8. The third-order valence-electron chi connectivity index (χ3n) is 7.04. The molecule has 2 heterocycles. The van der Waals surface area contributed by atoms with Crippen LogP contribution in [0.5, 0.6) is 0 Å². The van der Waals surface area contributed by atoms with Crippen molar-refractivity contribution in [2.24, 2.45) is 11.8 Å². The third-order valence-corrected chi connectivity index (χ3v) is 7.04. The third kappa shape index (κ3) is 4.37. The van der Waals surface area contributed by atoms with Crippen molar-refractivity contribution in [2.45, 2.75) is 24.9 Å². The molecular formula is C26H28N2O6. The molecule has 2 amide bonds.